The summed E-state index contributed by atoms with van der Waals surface area (Å²) in [6.45, 7) is 0.293. The van der Waals surface area contributed by atoms with Crippen molar-refractivity contribution in [2.24, 2.45) is 0 Å². The molecule has 1 saturated heterocycles. The highest BCUT2D eigenvalue weighted by molar-refractivity contribution is 8.18. The van der Waals surface area contributed by atoms with Gasteiger partial charge in [0.05, 0.1) is 9.80 Å². The van der Waals surface area contributed by atoms with Crippen LogP contribution in [0.3, 0.4) is 0 Å². The predicted octanol–water partition coefficient (Wildman–Crippen LogP) is 2.37. The van der Waals surface area contributed by atoms with Crippen molar-refractivity contribution in [3.05, 3.63) is 65.1 Å². The highest BCUT2D eigenvalue weighted by atomic mass is 32.2. The quantitative estimate of drug-likeness (QED) is 0.543. The Morgan fingerprint density at radius 2 is 1.74 bits per heavy atom. The van der Waals surface area contributed by atoms with Gasteiger partial charge in [-0.05, 0) is 47.7 Å². The second-order valence-corrected chi connectivity index (χ2v) is 8.26. The smallest absolute Gasteiger partial charge is 0.290 e. The lowest BCUT2D eigenvalue weighted by atomic mass is 10.2. The molecule has 1 fully saturated rings. The molecule has 2 aromatic carbocycles. The minimum Gasteiger partial charge on any atom is -0.492 e. The summed E-state index contributed by atoms with van der Waals surface area (Å²) >= 11 is 0.855. The molecule has 0 aromatic heterocycles. The molecule has 1 aliphatic heterocycles. The van der Waals surface area contributed by atoms with Gasteiger partial charge in [-0.2, -0.15) is 0 Å². The second kappa shape index (κ2) is 8.38. The SMILES string of the molecule is O=C1NC(=O)/C(=C/c2ccc(OCCNS(=O)(=O)c3ccccc3)cc2)S1. The molecule has 2 amide bonds. The number of carbonyl (C=O) groups excluding carboxylic acids is 2. The van der Waals surface area contributed by atoms with E-state index in [0.29, 0.717) is 10.7 Å². The maximum Gasteiger partial charge on any atom is 0.290 e. The summed E-state index contributed by atoms with van der Waals surface area (Å²) < 4.78 is 32.1. The fourth-order valence-electron chi connectivity index (χ4n) is 2.26. The Hall–Kier alpha value is -2.62. The van der Waals surface area contributed by atoms with Gasteiger partial charge in [-0.15, -0.1) is 0 Å². The first-order chi connectivity index (χ1) is 12.9. The fraction of sp³-hybridized carbons (Fsp3) is 0.111. The second-order valence-electron chi connectivity index (χ2n) is 5.48. The maximum atomic E-state index is 12.1. The van der Waals surface area contributed by atoms with Crippen molar-refractivity contribution in [1.82, 2.24) is 10.0 Å². The molecule has 2 N–H and O–H groups in total. The van der Waals surface area contributed by atoms with Crippen molar-refractivity contribution in [2.75, 3.05) is 13.2 Å². The van der Waals surface area contributed by atoms with Crippen LogP contribution < -0.4 is 14.8 Å². The molecule has 140 valence electrons. The molecule has 27 heavy (non-hydrogen) atoms. The van der Waals surface area contributed by atoms with Crippen molar-refractivity contribution in [3.63, 3.8) is 0 Å². The number of rotatable bonds is 7. The molecule has 0 saturated carbocycles. The maximum absolute atomic E-state index is 12.1. The molecule has 1 heterocycles. The number of benzene rings is 2. The van der Waals surface area contributed by atoms with Crippen molar-refractivity contribution in [2.45, 2.75) is 4.90 Å². The number of hydrogen-bond acceptors (Lipinski definition) is 6. The predicted molar refractivity (Wildman–Crippen MR) is 103 cm³/mol. The zero-order valence-corrected chi connectivity index (χ0v) is 15.7. The third-order valence-corrected chi connectivity index (χ3v) is 5.82. The molecule has 3 rings (SSSR count). The fourth-order valence-corrected chi connectivity index (χ4v) is 3.98. The van der Waals surface area contributed by atoms with Crippen LogP contribution in [0.4, 0.5) is 4.79 Å². The number of hydrogen-bond donors (Lipinski definition) is 2. The first-order valence-electron chi connectivity index (χ1n) is 7.96. The third-order valence-electron chi connectivity index (χ3n) is 3.54. The minimum atomic E-state index is -3.55. The molecular formula is C18H16N2O5S2. The molecule has 2 aromatic rings. The highest BCUT2D eigenvalue weighted by Gasteiger charge is 2.24. The Labute approximate surface area is 160 Å². The van der Waals surface area contributed by atoms with E-state index >= 15 is 0 Å². The van der Waals surface area contributed by atoms with E-state index in [-0.39, 0.29) is 23.3 Å². The minimum absolute atomic E-state index is 0.127. The van der Waals surface area contributed by atoms with Crippen LogP contribution in [0, 0.1) is 0 Å². The summed E-state index contributed by atoms with van der Waals surface area (Å²) in [5.74, 6) is 0.159. The Morgan fingerprint density at radius 3 is 2.37 bits per heavy atom. The summed E-state index contributed by atoms with van der Waals surface area (Å²) in [4.78, 5) is 23.2. The van der Waals surface area contributed by atoms with E-state index in [1.807, 2.05) is 0 Å². The number of nitrogens with one attached hydrogen (secondary N) is 2. The van der Waals surface area contributed by atoms with Crippen LogP contribution in [0.2, 0.25) is 0 Å². The van der Waals surface area contributed by atoms with Gasteiger partial charge >= 0.3 is 0 Å². The molecule has 9 heteroatoms. The number of imide groups is 1. The van der Waals surface area contributed by atoms with Crippen LogP contribution in [0.5, 0.6) is 5.75 Å². The van der Waals surface area contributed by atoms with Crippen molar-refractivity contribution >= 4 is 39.0 Å². The Balaban J connectivity index is 1.50. The number of sulfonamides is 1. The van der Waals surface area contributed by atoms with Crippen LogP contribution in [0.25, 0.3) is 6.08 Å². The van der Waals surface area contributed by atoms with Crippen LogP contribution >= 0.6 is 11.8 Å². The van der Waals surface area contributed by atoms with E-state index < -0.39 is 15.9 Å². The van der Waals surface area contributed by atoms with E-state index in [9.17, 15) is 18.0 Å². The molecular weight excluding hydrogens is 388 g/mol. The van der Waals surface area contributed by atoms with Crippen LogP contribution in [0.1, 0.15) is 5.56 Å². The molecule has 0 unspecified atom stereocenters. The molecule has 0 radical (unpaired) electrons. The third kappa shape index (κ3) is 5.19. The zero-order chi connectivity index (χ0) is 19.3. The van der Waals surface area contributed by atoms with E-state index in [1.165, 1.54) is 12.1 Å². The van der Waals surface area contributed by atoms with Crippen LogP contribution in [-0.2, 0) is 14.8 Å². The van der Waals surface area contributed by atoms with Gasteiger partial charge in [0.1, 0.15) is 12.4 Å². The highest BCUT2D eigenvalue weighted by Crippen LogP contribution is 2.26. The van der Waals surface area contributed by atoms with Gasteiger partial charge in [0.25, 0.3) is 11.1 Å². The Morgan fingerprint density at radius 1 is 1.04 bits per heavy atom. The number of carbonyl (C=O) groups is 2. The topological polar surface area (TPSA) is 102 Å². The lowest BCUT2D eigenvalue weighted by Gasteiger charge is -2.09. The van der Waals surface area contributed by atoms with E-state index in [2.05, 4.69) is 10.0 Å². The molecule has 1 aliphatic rings. The zero-order valence-electron chi connectivity index (χ0n) is 14.0. The summed E-state index contributed by atoms with van der Waals surface area (Å²) in [5.41, 5.74) is 0.750. The van der Waals surface area contributed by atoms with E-state index in [0.717, 1.165) is 17.3 Å². The average Bonchev–Trinajstić information content (AvgIpc) is 2.98. The molecule has 0 bridgehead atoms. The van der Waals surface area contributed by atoms with Crippen LogP contribution in [-0.4, -0.2) is 32.7 Å². The molecule has 0 atom stereocenters. The lowest BCUT2D eigenvalue weighted by Crippen LogP contribution is -2.28. The molecule has 0 aliphatic carbocycles. The average molecular weight is 404 g/mol. The Bertz CT molecular complexity index is 971. The van der Waals surface area contributed by atoms with Gasteiger partial charge in [-0.3, -0.25) is 14.9 Å². The first-order valence-corrected chi connectivity index (χ1v) is 10.3. The normalized spacial score (nSPS) is 15.8. The van der Waals surface area contributed by atoms with Gasteiger partial charge < -0.3 is 4.74 Å². The van der Waals surface area contributed by atoms with Crippen molar-refractivity contribution < 1.29 is 22.7 Å². The van der Waals surface area contributed by atoms with Gasteiger partial charge in [0, 0.05) is 6.54 Å². The van der Waals surface area contributed by atoms with E-state index in [1.54, 1.807) is 48.5 Å². The lowest BCUT2D eigenvalue weighted by molar-refractivity contribution is -0.115. The number of ether oxygens (including phenoxy) is 1. The van der Waals surface area contributed by atoms with E-state index in [4.69, 9.17) is 4.74 Å². The molecule has 7 nitrogen and oxygen atoms in total. The summed E-state index contributed by atoms with van der Waals surface area (Å²) in [6, 6.07) is 15.0. The number of amides is 2. The summed E-state index contributed by atoms with van der Waals surface area (Å²) in [6.07, 6.45) is 1.61. The van der Waals surface area contributed by atoms with Crippen LogP contribution in [0.15, 0.2) is 64.4 Å². The van der Waals surface area contributed by atoms with Gasteiger partial charge in [0.15, 0.2) is 0 Å². The summed E-state index contributed by atoms with van der Waals surface area (Å²) in [5, 5.41) is 1.81. The largest absolute Gasteiger partial charge is 0.492 e. The van der Waals surface area contributed by atoms with Crippen molar-refractivity contribution in [1.29, 1.82) is 0 Å². The monoisotopic (exact) mass is 404 g/mol. The van der Waals surface area contributed by atoms with Gasteiger partial charge in [0.2, 0.25) is 10.0 Å². The standard InChI is InChI=1S/C18H16N2O5S2/c21-17-16(26-18(22)20-17)12-13-6-8-14(9-7-13)25-11-10-19-27(23,24)15-4-2-1-3-5-15/h1-9,12,19H,10-11H2,(H,20,21,22)/b16-12-. The molecule has 0 spiro atoms. The van der Waals surface area contributed by atoms with Gasteiger partial charge in [-0.25, -0.2) is 13.1 Å². The first kappa shape index (κ1) is 19.2. The Kier molecular flexibility index (Phi) is 5.94. The van der Waals surface area contributed by atoms with Crippen molar-refractivity contribution in [3.8, 4) is 5.75 Å². The number of thioether (sulfide) groups is 1. The van der Waals surface area contributed by atoms with Gasteiger partial charge in [-0.1, -0.05) is 30.3 Å². The summed E-state index contributed by atoms with van der Waals surface area (Å²) in [7, 11) is -3.55.